The van der Waals surface area contributed by atoms with Gasteiger partial charge < -0.3 is 14.6 Å². The van der Waals surface area contributed by atoms with E-state index in [0.717, 1.165) is 22.3 Å². The van der Waals surface area contributed by atoms with Crippen LogP contribution in [0.5, 0.6) is 11.5 Å². The molecule has 0 bridgehead atoms. The zero-order chi connectivity index (χ0) is 23.1. The summed E-state index contributed by atoms with van der Waals surface area (Å²) >= 11 is 0. The SMILES string of the molecule is CC[C@](C)(Oc1ccc(OC/C=C(\C)c2ccc(-c3ccc(F)cc3)cc2)cc1)C(=O)O. The second-order valence-corrected chi connectivity index (χ2v) is 7.75. The average Bonchev–Trinajstić information content (AvgIpc) is 2.80. The van der Waals surface area contributed by atoms with Crippen molar-refractivity contribution in [1.82, 2.24) is 0 Å². The molecule has 166 valence electrons. The molecule has 3 rings (SSSR count). The van der Waals surface area contributed by atoms with Crippen LogP contribution < -0.4 is 9.47 Å². The predicted octanol–water partition coefficient (Wildman–Crippen LogP) is 6.61. The highest BCUT2D eigenvalue weighted by atomic mass is 19.1. The molecule has 1 N–H and O–H groups in total. The van der Waals surface area contributed by atoms with Crippen LogP contribution in [0.4, 0.5) is 4.39 Å². The van der Waals surface area contributed by atoms with E-state index in [0.29, 0.717) is 24.5 Å². The molecule has 0 saturated carbocycles. The highest BCUT2D eigenvalue weighted by Crippen LogP contribution is 2.25. The van der Waals surface area contributed by atoms with Gasteiger partial charge in [-0.3, -0.25) is 0 Å². The third kappa shape index (κ3) is 5.76. The van der Waals surface area contributed by atoms with E-state index in [1.54, 1.807) is 50.2 Å². The van der Waals surface area contributed by atoms with Crippen LogP contribution in [0.15, 0.2) is 78.9 Å². The molecule has 0 amide bonds. The Morgan fingerprint density at radius 1 is 0.938 bits per heavy atom. The maximum atomic E-state index is 13.1. The molecule has 0 heterocycles. The number of aliphatic carboxylic acids is 1. The molecule has 0 aliphatic carbocycles. The lowest BCUT2D eigenvalue weighted by Crippen LogP contribution is -2.40. The van der Waals surface area contributed by atoms with Gasteiger partial charge >= 0.3 is 5.97 Å². The standard InChI is InChI=1S/C27H27FO4/c1-4-27(3,26(29)30)32-25-15-13-24(14-16-25)31-18-17-19(2)20-5-7-21(8-6-20)22-9-11-23(28)12-10-22/h5-17H,4,18H2,1-3H3,(H,29,30)/b19-17+/t27-/m0/s1. The topological polar surface area (TPSA) is 55.8 Å². The first-order valence-corrected chi connectivity index (χ1v) is 10.5. The van der Waals surface area contributed by atoms with Crippen LogP contribution in [0, 0.1) is 5.82 Å². The van der Waals surface area contributed by atoms with Gasteiger partial charge in [0.1, 0.15) is 23.9 Å². The minimum atomic E-state index is -1.26. The summed E-state index contributed by atoms with van der Waals surface area (Å²) in [7, 11) is 0. The number of ether oxygens (including phenoxy) is 2. The minimum absolute atomic E-state index is 0.244. The number of halogens is 1. The highest BCUT2D eigenvalue weighted by Gasteiger charge is 2.33. The van der Waals surface area contributed by atoms with E-state index in [2.05, 4.69) is 0 Å². The first-order chi connectivity index (χ1) is 15.3. The Balaban J connectivity index is 1.57. The number of rotatable bonds is 9. The van der Waals surface area contributed by atoms with Crippen molar-refractivity contribution in [2.75, 3.05) is 6.61 Å². The Morgan fingerprint density at radius 3 is 2.00 bits per heavy atom. The Kier molecular flexibility index (Phi) is 7.31. The second-order valence-electron chi connectivity index (χ2n) is 7.75. The van der Waals surface area contributed by atoms with Crippen molar-refractivity contribution in [3.63, 3.8) is 0 Å². The van der Waals surface area contributed by atoms with Crippen LogP contribution in [0.1, 0.15) is 32.8 Å². The van der Waals surface area contributed by atoms with Gasteiger partial charge in [-0.2, -0.15) is 0 Å². The lowest BCUT2D eigenvalue weighted by Gasteiger charge is -2.24. The van der Waals surface area contributed by atoms with Gasteiger partial charge in [-0.05, 0) is 85.0 Å². The van der Waals surface area contributed by atoms with Crippen molar-refractivity contribution < 1.29 is 23.8 Å². The molecule has 5 heteroatoms. The van der Waals surface area contributed by atoms with Crippen molar-refractivity contribution in [3.05, 3.63) is 90.3 Å². The van der Waals surface area contributed by atoms with Gasteiger partial charge in [-0.15, -0.1) is 0 Å². The quantitative estimate of drug-likeness (QED) is 0.412. The summed E-state index contributed by atoms with van der Waals surface area (Å²) in [5.41, 5.74) is 2.90. The summed E-state index contributed by atoms with van der Waals surface area (Å²) in [6.45, 7) is 5.74. The molecule has 0 saturated heterocycles. The number of carboxylic acid groups (broad SMARTS) is 1. The Bertz CT molecular complexity index is 1070. The molecular formula is C27H27FO4. The largest absolute Gasteiger partial charge is 0.490 e. The van der Waals surface area contributed by atoms with Gasteiger partial charge in [0, 0.05) is 0 Å². The summed E-state index contributed by atoms with van der Waals surface area (Å²) in [6, 6.07) is 21.5. The van der Waals surface area contributed by atoms with E-state index >= 15 is 0 Å². The van der Waals surface area contributed by atoms with E-state index in [9.17, 15) is 14.3 Å². The van der Waals surface area contributed by atoms with Crippen molar-refractivity contribution in [2.24, 2.45) is 0 Å². The molecule has 1 atom stereocenters. The molecule has 0 spiro atoms. The van der Waals surface area contributed by atoms with E-state index in [4.69, 9.17) is 9.47 Å². The third-order valence-electron chi connectivity index (χ3n) is 5.45. The summed E-state index contributed by atoms with van der Waals surface area (Å²) in [5.74, 6) is -0.0868. The lowest BCUT2D eigenvalue weighted by molar-refractivity contribution is -0.154. The first-order valence-electron chi connectivity index (χ1n) is 10.5. The summed E-state index contributed by atoms with van der Waals surface area (Å²) < 4.78 is 24.5. The number of hydrogen-bond donors (Lipinski definition) is 1. The van der Waals surface area contributed by atoms with E-state index in [-0.39, 0.29) is 5.82 Å². The van der Waals surface area contributed by atoms with Crippen LogP contribution >= 0.6 is 0 Å². The molecule has 0 radical (unpaired) electrons. The monoisotopic (exact) mass is 434 g/mol. The molecule has 0 aliphatic rings. The third-order valence-corrected chi connectivity index (χ3v) is 5.45. The molecule has 0 aliphatic heterocycles. The van der Waals surface area contributed by atoms with Gasteiger partial charge in [-0.25, -0.2) is 9.18 Å². The number of carbonyl (C=O) groups is 1. The van der Waals surface area contributed by atoms with Crippen LogP contribution in [-0.4, -0.2) is 23.3 Å². The zero-order valence-electron chi connectivity index (χ0n) is 18.5. The summed E-state index contributed by atoms with van der Waals surface area (Å²) in [5, 5.41) is 9.32. The maximum absolute atomic E-state index is 13.1. The van der Waals surface area contributed by atoms with E-state index < -0.39 is 11.6 Å². The molecule has 3 aromatic carbocycles. The summed E-state index contributed by atoms with van der Waals surface area (Å²) in [4.78, 5) is 11.4. The molecular weight excluding hydrogens is 407 g/mol. The van der Waals surface area contributed by atoms with E-state index in [1.807, 2.05) is 37.3 Å². The molecule has 0 fully saturated rings. The van der Waals surface area contributed by atoms with Crippen LogP contribution in [0.3, 0.4) is 0 Å². The van der Waals surface area contributed by atoms with Crippen LogP contribution in [-0.2, 0) is 4.79 Å². The van der Waals surface area contributed by atoms with Gasteiger partial charge in [-0.1, -0.05) is 43.3 Å². The fourth-order valence-corrected chi connectivity index (χ4v) is 3.08. The fourth-order valence-electron chi connectivity index (χ4n) is 3.08. The Labute approximate surface area is 187 Å². The molecule has 32 heavy (non-hydrogen) atoms. The van der Waals surface area contributed by atoms with Crippen LogP contribution in [0.25, 0.3) is 16.7 Å². The van der Waals surface area contributed by atoms with Gasteiger partial charge in [0.15, 0.2) is 0 Å². The highest BCUT2D eigenvalue weighted by molar-refractivity contribution is 5.77. The fraction of sp³-hybridized carbons (Fsp3) is 0.222. The first kappa shape index (κ1) is 23.1. The second kappa shape index (κ2) is 10.1. The van der Waals surface area contributed by atoms with E-state index in [1.165, 1.54) is 12.1 Å². The van der Waals surface area contributed by atoms with Crippen molar-refractivity contribution in [3.8, 4) is 22.6 Å². The number of hydrogen-bond acceptors (Lipinski definition) is 3. The van der Waals surface area contributed by atoms with Crippen molar-refractivity contribution in [1.29, 1.82) is 0 Å². The molecule has 0 unspecified atom stereocenters. The minimum Gasteiger partial charge on any atom is -0.490 e. The maximum Gasteiger partial charge on any atom is 0.347 e. The number of benzene rings is 3. The smallest absolute Gasteiger partial charge is 0.347 e. The van der Waals surface area contributed by atoms with Crippen molar-refractivity contribution in [2.45, 2.75) is 32.8 Å². The average molecular weight is 435 g/mol. The van der Waals surface area contributed by atoms with Crippen LogP contribution in [0.2, 0.25) is 0 Å². The van der Waals surface area contributed by atoms with Gasteiger partial charge in [0.05, 0.1) is 0 Å². The van der Waals surface area contributed by atoms with Gasteiger partial charge in [0.25, 0.3) is 0 Å². The van der Waals surface area contributed by atoms with Gasteiger partial charge in [0.2, 0.25) is 5.60 Å². The molecule has 0 aromatic heterocycles. The lowest BCUT2D eigenvalue weighted by atomic mass is 10.0. The number of allylic oxidation sites excluding steroid dienone is 1. The summed E-state index contributed by atoms with van der Waals surface area (Å²) in [6.07, 6.45) is 2.35. The van der Waals surface area contributed by atoms with Crippen molar-refractivity contribution >= 4 is 11.5 Å². The number of carboxylic acids is 1. The molecule has 3 aromatic rings. The predicted molar refractivity (Wildman–Crippen MR) is 124 cm³/mol. The zero-order valence-corrected chi connectivity index (χ0v) is 18.5. The Hall–Kier alpha value is -3.60. The Morgan fingerprint density at radius 2 is 1.47 bits per heavy atom. The molecule has 4 nitrogen and oxygen atoms in total. The normalized spacial score (nSPS) is 13.3.